The minimum Gasteiger partial charge on any atom is -0.507 e. The number of halogens is 2. The fourth-order valence-corrected chi connectivity index (χ4v) is 4.99. The molecule has 1 aliphatic heterocycles. The molecule has 3 nitrogen and oxygen atoms in total. The van der Waals surface area contributed by atoms with Gasteiger partial charge in [0.05, 0.1) is 0 Å². The van der Waals surface area contributed by atoms with Gasteiger partial charge in [0.2, 0.25) is 0 Å². The third-order valence-electron chi connectivity index (χ3n) is 6.48. The van der Waals surface area contributed by atoms with Crippen LogP contribution in [-0.2, 0) is 10.8 Å². The summed E-state index contributed by atoms with van der Waals surface area (Å²) in [6.45, 7) is 17.7. The van der Waals surface area contributed by atoms with Crippen LogP contribution in [-0.4, -0.2) is 36.2 Å². The first-order chi connectivity index (χ1) is 12.6. The van der Waals surface area contributed by atoms with Crippen LogP contribution >= 0.6 is 24.8 Å². The maximum atomic E-state index is 11.1. The van der Waals surface area contributed by atoms with Crippen molar-refractivity contribution in [3.05, 3.63) is 28.8 Å². The summed E-state index contributed by atoms with van der Waals surface area (Å²) in [5.74, 6) is 1.25. The highest BCUT2D eigenvalue weighted by Gasteiger charge is 2.35. The van der Waals surface area contributed by atoms with E-state index in [1.165, 1.54) is 31.2 Å². The molecule has 3 rings (SSSR count). The molecule has 1 aliphatic carbocycles. The van der Waals surface area contributed by atoms with E-state index >= 15 is 0 Å². The number of nitrogens with one attached hydrogen (secondary N) is 1. The van der Waals surface area contributed by atoms with E-state index < -0.39 is 0 Å². The number of phenols is 1. The van der Waals surface area contributed by atoms with E-state index in [-0.39, 0.29) is 35.6 Å². The van der Waals surface area contributed by atoms with Gasteiger partial charge in [-0.1, -0.05) is 54.4 Å². The first-order valence-electron chi connectivity index (χ1n) is 10.9. The largest absolute Gasteiger partial charge is 0.507 e. The zero-order valence-corrected chi connectivity index (χ0v) is 20.8. The quantitative estimate of drug-likeness (QED) is 0.602. The van der Waals surface area contributed by atoms with Crippen LogP contribution in [0.5, 0.6) is 5.75 Å². The van der Waals surface area contributed by atoms with E-state index in [2.05, 4.69) is 63.9 Å². The number of benzene rings is 1. The second kappa shape index (κ2) is 10.2. The molecule has 0 radical (unpaired) electrons. The van der Waals surface area contributed by atoms with Gasteiger partial charge >= 0.3 is 0 Å². The molecule has 168 valence electrons. The smallest absolute Gasteiger partial charge is 0.123 e. The molecule has 1 aromatic rings. The first kappa shape index (κ1) is 26.6. The van der Waals surface area contributed by atoms with E-state index in [1.54, 1.807) is 0 Å². The Morgan fingerprint density at radius 2 is 1.34 bits per heavy atom. The van der Waals surface area contributed by atoms with Gasteiger partial charge in [0.1, 0.15) is 5.75 Å². The number of hydrogen-bond acceptors (Lipinski definition) is 3. The Kier molecular flexibility index (Phi) is 9.36. The maximum Gasteiger partial charge on any atom is 0.123 e. The molecule has 1 heterocycles. The number of aromatic hydroxyl groups is 1. The van der Waals surface area contributed by atoms with E-state index in [9.17, 15) is 5.11 Å². The summed E-state index contributed by atoms with van der Waals surface area (Å²) >= 11 is 0. The first-order valence-corrected chi connectivity index (χ1v) is 10.9. The van der Waals surface area contributed by atoms with Gasteiger partial charge in [-0.15, -0.1) is 24.8 Å². The van der Waals surface area contributed by atoms with Crippen LogP contribution in [0.4, 0.5) is 0 Å². The molecule has 2 aliphatic rings. The lowest BCUT2D eigenvalue weighted by Gasteiger charge is -2.40. The number of nitrogens with zero attached hydrogens (tertiary/aromatic N) is 1. The van der Waals surface area contributed by atoms with Crippen molar-refractivity contribution in [1.82, 2.24) is 10.2 Å². The van der Waals surface area contributed by atoms with Crippen LogP contribution in [0.3, 0.4) is 0 Å². The molecule has 5 heteroatoms. The molecule has 0 unspecified atom stereocenters. The second-order valence-corrected chi connectivity index (χ2v) is 10.7. The lowest BCUT2D eigenvalue weighted by molar-refractivity contribution is 0.125. The molecule has 0 aromatic heterocycles. The van der Waals surface area contributed by atoms with Gasteiger partial charge < -0.3 is 10.4 Å². The Labute approximate surface area is 190 Å². The summed E-state index contributed by atoms with van der Waals surface area (Å²) in [6, 6.07) is 5.14. The average molecular weight is 446 g/mol. The Hall–Kier alpha value is -0.480. The van der Waals surface area contributed by atoms with Crippen molar-refractivity contribution in [2.75, 3.05) is 26.2 Å². The van der Waals surface area contributed by atoms with Crippen LogP contribution in [0.25, 0.3) is 0 Å². The van der Waals surface area contributed by atoms with Gasteiger partial charge in [0.15, 0.2) is 0 Å². The summed E-state index contributed by atoms with van der Waals surface area (Å²) in [5.41, 5.74) is 3.50. The normalized spacial score (nSPS) is 20.1. The lowest BCUT2D eigenvalue weighted by Crippen LogP contribution is -2.46. The van der Waals surface area contributed by atoms with Gasteiger partial charge in [-0.25, -0.2) is 0 Å². The van der Waals surface area contributed by atoms with Crippen LogP contribution in [0.2, 0.25) is 0 Å². The van der Waals surface area contributed by atoms with Gasteiger partial charge in [-0.2, -0.15) is 0 Å². The predicted octanol–water partition coefficient (Wildman–Crippen LogP) is 5.97. The van der Waals surface area contributed by atoms with E-state index in [0.717, 1.165) is 43.2 Å². The highest BCUT2D eigenvalue weighted by Crippen LogP contribution is 2.45. The molecule has 1 atom stereocenters. The molecule has 2 fully saturated rings. The second-order valence-electron chi connectivity index (χ2n) is 10.7. The highest BCUT2D eigenvalue weighted by molar-refractivity contribution is 5.85. The molecule has 29 heavy (non-hydrogen) atoms. The summed E-state index contributed by atoms with van der Waals surface area (Å²) in [4.78, 5) is 2.71. The highest BCUT2D eigenvalue weighted by atomic mass is 35.5. The van der Waals surface area contributed by atoms with Crippen molar-refractivity contribution in [1.29, 1.82) is 0 Å². The zero-order valence-electron chi connectivity index (χ0n) is 19.2. The van der Waals surface area contributed by atoms with Crippen LogP contribution < -0.4 is 5.32 Å². The summed E-state index contributed by atoms with van der Waals surface area (Å²) in [6.07, 6.45) is 5.41. The molecule has 0 spiro atoms. The maximum absolute atomic E-state index is 11.1. The molecule has 1 aromatic carbocycles. The Bertz CT molecular complexity index is 617. The standard InChI is InChI=1S/C24H40N2O.2ClH/c1-23(2,3)19-15-18(16-20(22(19)27)24(4,5)6)21(17-9-7-8-10-17)26-13-11-25-12-14-26;;/h15-17,21,25,27H,7-14H2,1-6H3;2*1H/t21-;;/m0../s1. The molecule has 1 saturated carbocycles. The predicted molar refractivity (Wildman–Crippen MR) is 129 cm³/mol. The fraction of sp³-hybridized carbons (Fsp3) is 0.750. The molecule has 0 bridgehead atoms. The summed E-state index contributed by atoms with van der Waals surface area (Å²) < 4.78 is 0. The minimum absolute atomic E-state index is 0. The zero-order chi connectivity index (χ0) is 19.8. The van der Waals surface area contributed by atoms with Crippen molar-refractivity contribution in [2.24, 2.45) is 5.92 Å². The summed E-state index contributed by atoms with van der Waals surface area (Å²) in [7, 11) is 0. The van der Waals surface area contributed by atoms with Crippen molar-refractivity contribution in [3.8, 4) is 5.75 Å². The average Bonchev–Trinajstić information content (AvgIpc) is 3.09. The van der Waals surface area contributed by atoms with Gasteiger partial charge in [-0.3, -0.25) is 4.90 Å². The number of piperazine rings is 1. The Morgan fingerprint density at radius 3 is 1.76 bits per heavy atom. The van der Waals surface area contributed by atoms with Crippen molar-refractivity contribution in [2.45, 2.75) is 84.1 Å². The Morgan fingerprint density at radius 1 is 0.897 bits per heavy atom. The van der Waals surface area contributed by atoms with Gasteiger partial charge in [0, 0.05) is 32.2 Å². The number of hydrogen-bond donors (Lipinski definition) is 2. The molecule has 1 saturated heterocycles. The summed E-state index contributed by atoms with van der Waals surface area (Å²) in [5, 5.41) is 14.6. The van der Waals surface area contributed by atoms with E-state index in [1.807, 2.05) is 0 Å². The SMILES string of the molecule is CC(C)(C)c1cc([C@H](C2CCCC2)N2CCNCC2)cc(C(C)(C)C)c1O.Cl.Cl. The van der Waals surface area contributed by atoms with Gasteiger partial charge in [0.25, 0.3) is 0 Å². The minimum atomic E-state index is -0.0657. The lowest BCUT2D eigenvalue weighted by atomic mass is 9.76. The molecular formula is C24H42Cl2N2O. The third kappa shape index (κ3) is 6.03. The van der Waals surface area contributed by atoms with E-state index in [4.69, 9.17) is 0 Å². The molecule has 2 N–H and O–H groups in total. The third-order valence-corrected chi connectivity index (χ3v) is 6.48. The van der Waals surface area contributed by atoms with Crippen LogP contribution in [0, 0.1) is 5.92 Å². The number of phenolic OH excluding ortho intramolecular Hbond substituents is 1. The van der Waals surface area contributed by atoms with Crippen molar-refractivity contribution in [3.63, 3.8) is 0 Å². The molecular weight excluding hydrogens is 403 g/mol. The molecule has 0 amide bonds. The topological polar surface area (TPSA) is 35.5 Å². The fourth-order valence-electron chi connectivity index (χ4n) is 4.99. The Balaban J connectivity index is 0.00000210. The number of rotatable bonds is 3. The van der Waals surface area contributed by atoms with E-state index in [0.29, 0.717) is 11.8 Å². The van der Waals surface area contributed by atoms with Gasteiger partial charge in [-0.05, 0) is 58.4 Å². The van der Waals surface area contributed by atoms with Crippen LogP contribution in [0.1, 0.15) is 90.0 Å². The van der Waals surface area contributed by atoms with Crippen molar-refractivity contribution < 1.29 is 5.11 Å². The van der Waals surface area contributed by atoms with Crippen molar-refractivity contribution >= 4 is 24.8 Å². The monoisotopic (exact) mass is 444 g/mol. The van der Waals surface area contributed by atoms with Crippen LogP contribution in [0.15, 0.2) is 12.1 Å².